The van der Waals surface area contributed by atoms with Gasteiger partial charge in [0.25, 0.3) is 0 Å². The van der Waals surface area contributed by atoms with E-state index in [2.05, 4.69) is 10.3 Å². The first kappa shape index (κ1) is 12.0. The standard InChI is InChI=1S/C12H17N3O2/c16-8-4-11-12(17)15(7-6-14-11)9-10-3-1-2-5-13-10/h1-3,5,11,14,16H,4,6-9H2. The maximum atomic E-state index is 12.0. The van der Waals surface area contributed by atoms with E-state index in [9.17, 15) is 4.79 Å². The number of aromatic nitrogens is 1. The van der Waals surface area contributed by atoms with Crippen LogP contribution in [-0.2, 0) is 11.3 Å². The van der Waals surface area contributed by atoms with Crippen molar-refractivity contribution in [3.63, 3.8) is 0 Å². The van der Waals surface area contributed by atoms with Crippen molar-refractivity contribution in [1.82, 2.24) is 15.2 Å². The van der Waals surface area contributed by atoms with Gasteiger partial charge < -0.3 is 15.3 Å². The minimum absolute atomic E-state index is 0.0286. The van der Waals surface area contributed by atoms with Crippen LogP contribution in [-0.4, -0.2) is 46.6 Å². The topological polar surface area (TPSA) is 65.5 Å². The highest BCUT2D eigenvalue weighted by Gasteiger charge is 2.27. The van der Waals surface area contributed by atoms with E-state index in [1.54, 1.807) is 11.1 Å². The molecule has 1 amide bonds. The zero-order valence-electron chi connectivity index (χ0n) is 9.67. The number of carbonyl (C=O) groups excluding carboxylic acids is 1. The number of piperazine rings is 1. The van der Waals surface area contributed by atoms with E-state index in [0.29, 0.717) is 19.5 Å². The molecule has 17 heavy (non-hydrogen) atoms. The quantitative estimate of drug-likeness (QED) is 0.756. The molecule has 92 valence electrons. The Hall–Kier alpha value is -1.46. The molecule has 5 heteroatoms. The molecule has 2 heterocycles. The zero-order valence-corrected chi connectivity index (χ0v) is 9.67. The van der Waals surface area contributed by atoms with Crippen molar-refractivity contribution in [2.45, 2.75) is 19.0 Å². The van der Waals surface area contributed by atoms with Gasteiger partial charge in [0.2, 0.25) is 5.91 Å². The van der Waals surface area contributed by atoms with Gasteiger partial charge in [-0.3, -0.25) is 9.78 Å². The maximum absolute atomic E-state index is 12.0. The Kier molecular flexibility index (Phi) is 4.06. The summed E-state index contributed by atoms with van der Waals surface area (Å²) in [6.07, 6.45) is 2.20. The van der Waals surface area contributed by atoms with E-state index in [1.165, 1.54) is 0 Å². The van der Waals surface area contributed by atoms with Crippen LogP contribution < -0.4 is 5.32 Å². The summed E-state index contributed by atoms with van der Waals surface area (Å²) in [5, 5.41) is 12.0. The van der Waals surface area contributed by atoms with Gasteiger partial charge >= 0.3 is 0 Å². The van der Waals surface area contributed by atoms with Crippen molar-refractivity contribution in [2.24, 2.45) is 0 Å². The third-order valence-electron chi connectivity index (χ3n) is 2.88. The van der Waals surface area contributed by atoms with Crippen LogP contribution in [0.2, 0.25) is 0 Å². The first-order valence-electron chi connectivity index (χ1n) is 5.84. The number of amides is 1. The van der Waals surface area contributed by atoms with E-state index >= 15 is 0 Å². The number of carbonyl (C=O) groups is 1. The molecule has 0 radical (unpaired) electrons. The van der Waals surface area contributed by atoms with E-state index in [1.807, 2.05) is 18.2 Å². The van der Waals surface area contributed by atoms with Gasteiger partial charge in [-0.25, -0.2) is 0 Å². The molecule has 0 saturated carbocycles. The zero-order chi connectivity index (χ0) is 12.1. The highest BCUT2D eigenvalue weighted by atomic mass is 16.3. The van der Waals surface area contributed by atoms with Crippen LogP contribution in [0.25, 0.3) is 0 Å². The van der Waals surface area contributed by atoms with Crippen LogP contribution in [0.3, 0.4) is 0 Å². The molecule has 0 bridgehead atoms. The van der Waals surface area contributed by atoms with Crippen LogP contribution in [0.5, 0.6) is 0 Å². The van der Waals surface area contributed by atoms with Gasteiger partial charge in [0.05, 0.1) is 18.3 Å². The van der Waals surface area contributed by atoms with Crippen molar-refractivity contribution in [3.05, 3.63) is 30.1 Å². The summed E-state index contributed by atoms with van der Waals surface area (Å²) in [5.41, 5.74) is 0.894. The number of hydrogen-bond acceptors (Lipinski definition) is 4. The number of hydrogen-bond donors (Lipinski definition) is 2. The van der Waals surface area contributed by atoms with Crippen LogP contribution in [0.1, 0.15) is 12.1 Å². The monoisotopic (exact) mass is 235 g/mol. The van der Waals surface area contributed by atoms with Crippen LogP contribution in [0, 0.1) is 0 Å². The Bertz CT molecular complexity index is 367. The second kappa shape index (κ2) is 5.75. The van der Waals surface area contributed by atoms with Crippen molar-refractivity contribution in [1.29, 1.82) is 0 Å². The normalized spacial score (nSPS) is 20.6. The summed E-state index contributed by atoms with van der Waals surface area (Å²) in [4.78, 5) is 18.0. The van der Waals surface area contributed by atoms with E-state index < -0.39 is 0 Å². The average Bonchev–Trinajstić information content (AvgIpc) is 2.36. The largest absolute Gasteiger partial charge is 0.396 e. The Balaban J connectivity index is 1.98. The highest BCUT2D eigenvalue weighted by molar-refractivity contribution is 5.82. The van der Waals surface area contributed by atoms with E-state index in [4.69, 9.17) is 5.11 Å². The summed E-state index contributed by atoms with van der Waals surface area (Å²) in [6.45, 7) is 2.03. The van der Waals surface area contributed by atoms with Crippen molar-refractivity contribution < 1.29 is 9.90 Å². The molecule has 1 aliphatic rings. The fourth-order valence-corrected chi connectivity index (χ4v) is 1.99. The molecule has 1 aliphatic heterocycles. The molecule has 1 aromatic rings. The SMILES string of the molecule is O=C1C(CCO)NCCN1Cc1ccccn1. The van der Waals surface area contributed by atoms with Crippen molar-refractivity contribution in [3.8, 4) is 0 Å². The lowest BCUT2D eigenvalue weighted by Gasteiger charge is -2.32. The second-order valence-corrected chi connectivity index (χ2v) is 4.10. The van der Waals surface area contributed by atoms with Gasteiger partial charge in [0.1, 0.15) is 0 Å². The fourth-order valence-electron chi connectivity index (χ4n) is 1.99. The number of aliphatic hydroxyl groups is 1. The molecule has 1 fully saturated rings. The van der Waals surface area contributed by atoms with E-state index in [0.717, 1.165) is 12.2 Å². The molecule has 0 aromatic carbocycles. The highest BCUT2D eigenvalue weighted by Crippen LogP contribution is 2.08. The molecule has 1 unspecified atom stereocenters. The molecular weight excluding hydrogens is 218 g/mol. The average molecular weight is 235 g/mol. The molecule has 1 atom stereocenters. The van der Waals surface area contributed by atoms with Gasteiger partial charge in [-0.05, 0) is 18.6 Å². The fraction of sp³-hybridized carbons (Fsp3) is 0.500. The predicted octanol–water partition coefficient (Wildman–Crippen LogP) is -0.236. The van der Waals surface area contributed by atoms with Gasteiger partial charge in [0, 0.05) is 25.9 Å². The number of pyridine rings is 1. The number of aliphatic hydroxyl groups excluding tert-OH is 1. The van der Waals surface area contributed by atoms with Crippen molar-refractivity contribution >= 4 is 5.91 Å². The minimum Gasteiger partial charge on any atom is -0.396 e. The molecule has 2 rings (SSSR count). The Morgan fingerprint density at radius 1 is 1.53 bits per heavy atom. The minimum atomic E-state index is -0.252. The first-order valence-corrected chi connectivity index (χ1v) is 5.84. The summed E-state index contributed by atoms with van der Waals surface area (Å²) in [6, 6.07) is 5.44. The maximum Gasteiger partial charge on any atom is 0.240 e. The summed E-state index contributed by atoms with van der Waals surface area (Å²) in [5.74, 6) is 0.0518. The molecular formula is C12H17N3O2. The van der Waals surface area contributed by atoms with Crippen LogP contribution >= 0.6 is 0 Å². The van der Waals surface area contributed by atoms with Crippen molar-refractivity contribution in [2.75, 3.05) is 19.7 Å². The number of nitrogens with zero attached hydrogens (tertiary/aromatic N) is 2. The van der Waals surface area contributed by atoms with Gasteiger partial charge in [0.15, 0.2) is 0 Å². The molecule has 1 saturated heterocycles. The molecule has 0 spiro atoms. The third-order valence-corrected chi connectivity index (χ3v) is 2.88. The Morgan fingerprint density at radius 3 is 3.12 bits per heavy atom. The van der Waals surface area contributed by atoms with Crippen LogP contribution in [0.4, 0.5) is 0 Å². The Labute approximate surface area is 100 Å². The first-order chi connectivity index (χ1) is 8.31. The molecule has 0 aliphatic carbocycles. The molecule has 1 aromatic heterocycles. The van der Waals surface area contributed by atoms with Crippen LogP contribution in [0.15, 0.2) is 24.4 Å². The predicted molar refractivity (Wildman–Crippen MR) is 63.1 cm³/mol. The smallest absolute Gasteiger partial charge is 0.240 e. The lowest BCUT2D eigenvalue weighted by Crippen LogP contribution is -2.54. The lowest BCUT2D eigenvalue weighted by molar-refractivity contribution is -0.136. The Morgan fingerprint density at radius 2 is 2.41 bits per heavy atom. The van der Waals surface area contributed by atoms with Gasteiger partial charge in [-0.1, -0.05) is 6.07 Å². The third kappa shape index (κ3) is 3.01. The molecule has 2 N–H and O–H groups in total. The van der Waals surface area contributed by atoms with Gasteiger partial charge in [-0.15, -0.1) is 0 Å². The number of nitrogens with one attached hydrogen (secondary N) is 1. The molecule has 5 nitrogen and oxygen atoms in total. The second-order valence-electron chi connectivity index (χ2n) is 4.10. The van der Waals surface area contributed by atoms with Gasteiger partial charge in [-0.2, -0.15) is 0 Å². The summed E-state index contributed by atoms with van der Waals surface area (Å²) < 4.78 is 0. The lowest BCUT2D eigenvalue weighted by atomic mass is 10.1. The summed E-state index contributed by atoms with van der Waals surface area (Å²) >= 11 is 0. The summed E-state index contributed by atoms with van der Waals surface area (Å²) in [7, 11) is 0. The number of rotatable bonds is 4. The van der Waals surface area contributed by atoms with E-state index in [-0.39, 0.29) is 18.6 Å².